The molecule has 1 N–H and O–H groups in total. The Morgan fingerprint density at radius 3 is 2.56 bits per heavy atom. The van der Waals surface area contributed by atoms with Crippen LogP contribution < -0.4 is 5.32 Å². The third-order valence-electron chi connectivity index (χ3n) is 3.18. The average molecular weight is 398 g/mol. The van der Waals surface area contributed by atoms with E-state index in [4.69, 9.17) is 27.9 Å². The Morgan fingerprint density at radius 2 is 1.84 bits per heavy atom. The highest BCUT2D eigenvalue weighted by atomic mass is 35.5. The zero-order valence-corrected chi connectivity index (χ0v) is 15.7. The molecule has 0 radical (unpaired) electrons. The topological polar surface area (TPSA) is 55.4 Å². The van der Waals surface area contributed by atoms with Crippen LogP contribution >= 0.6 is 35.0 Å². The van der Waals surface area contributed by atoms with Gasteiger partial charge >= 0.3 is 5.97 Å². The maximum atomic E-state index is 11.8. The van der Waals surface area contributed by atoms with Crippen molar-refractivity contribution in [2.45, 2.75) is 12.4 Å². The first-order valence-corrected chi connectivity index (χ1v) is 9.43. The smallest absolute Gasteiger partial charge is 0.325 e. The summed E-state index contributed by atoms with van der Waals surface area (Å²) < 4.78 is 5.09. The quantitative estimate of drug-likeness (QED) is 0.681. The molecule has 2 aromatic carbocycles. The molecule has 25 heavy (non-hydrogen) atoms. The standard InChI is InChI=1S/C18H17Cl2NO3S/c19-15-7-6-14(16(20)8-15)11-25-12-17(22)21-9-18(23)24-10-13-4-2-1-3-5-13/h1-8H,9-12H2,(H,21,22). The maximum Gasteiger partial charge on any atom is 0.325 e. The number of ether oxygens (including phenoxy) is 1. The Bertz CT molecular complexity index is 726. The lowest BCUT2D eigenvalue weighted by Crippen LogP contribution is -2.31. The van der Waals surface area contributed by atoms with E-state index in [1.54, 1.807) is 12.1 Å². The fraction of sp³-hybridized carbons (Fsp3) is 0.222. The van der Waals surface area contributed by atoms with Crippen molar-refractivity contribution < 1.29 is 14.3 Å². The predicted molar refractivity (Wildman–Crippen MR) is 102 cm³/mol. The summed E-state index contributed by atoms with van der Waals surface area (Å²) in [7, 11) is 0. The number of thioether (sulfide) groups is 1. The van der Waals surface area contributed by atoms with Crippen molar-refractivity contribution in [3.8, 4) is 0 Å². The van der Waals surface area contributed by atoms with E-state index in [1.165, 1.54) is 11.8 Å². The van der Waals surface area contributed by atoms with Crippen LogP contribution in [-0.4, -0.2) is 24.2 Å². The molecule has 0 saturated carbocycles. The highest BCUT2D eigenvalue weighted by Gasteiger charge is 2.08. The molecule has 0 atom stereocenters. The van der Waals surface area contributed by atoms with Crippen LogP contribution in [0.1, 0.15) is 11.1 Å². The van der Waals surface area contributed by atoms with Gasteiger partial charge in [0.25, 0.3) is 0 Å². The minimum atomic E-state index is -0.469. The van der Waals surface area contributed by atoms with Gasteiger partial charge in [-0.25, -0.2) is 0 Å². The molecule has 0 unspecified atom stereocenters. The van der Waals surface area contributed by atoms with Crippen LogP contribution in [0.2, 0.25) is 10.0 Å². The maximum absolute atomic E-state index is 11.8. The lowest BCUT2D eigenvalue weighted by Gasteiger charge is -2.07. The van der Waals surface area contributed by atoms with Gasteiger partial charge in [-0.2, -0.15) is 0 Å². The highest BCUT2D eigenvalue weighted by Crippen LogP contribution is 2.24. The molecule has 0 aliphatic carbocycles. The number of esters is 1. The molecule has 0 bridgehead atoms. The summed E-state index contributed by atoms with van der Waals surface area (Å²) in [5.74, 6) is 0.113. The van der Waals surface area contributed by atoms with Gasteiger partial charge in [-0.15, -0.1) is 11.8 Å². The van der Waals surface area contributed by atoms with Crippen molar-refractivity contribution in [2.24, 2.45) is 0 Å². The lowest BCUT2D eigenvalue weighted by atomic mass is 10.2. The van der Waals surface area contributed by atoms with E-state index in [9.17, 15) is 9.59 Å². The molecule has 0 aliphatic heterocycles. The summed E-state index contributed by atoms with van der Waals surface area (Å²) >= 11 is 13.3. The third kappa shape index (κ3) is 7.38. The van der Waals surface area contributed by atoms with E-state index >= 15 is 0 Å². The summed E-state index contributed by atoms with van der Waals surface area (Å²) in [4.78, 5) is 23.4. The van der Waals surface area contributed by atoms with Gasteiger partial charge in [-0.1, -0.05) is 59.6 Å². The van der Waals surface area contributed by atoms with E-state index in [0.29, 0.717) is 15.8 Å². The zero-order chi connectivity index (χ0) is 18.1. The monoisotopic (exact) mass is 397 g/mol. The van der Waals surface area contributed by atoms with E-state index in [1.807, 2.05) is 36.4 Å². The first kappa shape index (κ1) is 19.6. The van der Waals surface area contributed by atoms with E-state index in [0.717, 1.165) is 11.1 Å². The number of halogens is 2. The molecule has 4 nitrogen and oxygen atoms in total. The zero-order valence-electron chi connectivity index (χ0n) is 13.3. The molecule has 132 valence electrons. The minimum absolute atomic E-state index is 0.145. The predicted octanol–water partition coefficient (Wildman–Crippen LogP) is 4.09. The van der Waals surface area contributed by atoms with Crippen molar-refractivity contribution in [2.75, 3.05) is 12.3 Å². The van der Waals surface area contributed by atoms with Crippen molar-refractivity contribution in [3.63, 3.8) is 0 Å². The second kappa shape index (κ2) is 10.3. The molecule has 0 heterocycles. The van der Waals surface area contributed by atoms with Gasteiger partial charge in [0, 0.05) is 15.8 Å². The van der Waals surface area contributed by atoms with E-state index in [-0.39, 0.29) is 24.8 Å². The molecule has 2 aromatic rings. The van der Waals surface area contributed by atoms with Crippen molar-refractivity contribution >= 4 is 46.8 Å². The summed E-state index contributed by atoms with van der Waals surface area (Å²) in [6.07, 6.45) is 0. The van der Waals surface area contributed by atoms with Crippen LogP contribution in [-0.2, 0) is 26.7 Å². The molecule has 0 spiro atoms. The molecule has 0 saturated heterocycles. The third-order valence-corrected chi connectivity index (χ3v) is 4.75. The molecule has 7 heteroatoms. The van der Waals surface area contributed by atoms with Crippen LogP contribution in [0.5, 0.6) is 0 Å². The largest absolute Gasteiger partial charge is 0.460 e. The summed E-state index contributed by atoms with van der Waals surface area (Å²) in [6, 6.07) is 14.6. The Kier molecular flexibility index (Phi) is 8.12. The number of hydrogen-bond acceptors (Lipinski definition) is 4. The Balaban J connectivity index is 1.62. The van der Waals surface area contributed by atoms with Crippen molar-refractivity contribution in [1.29, 1.82) is 0 Å². The SMILES string of the molecule is O=C(CSCc1ccc(Cl)cc1Cl)NCC(=O)OCc1ccccc1. The number of hydrogen-bond donors (Lipinski definition) is 1. The molecule has 0 aliphatic rings. The second-order valence-corrected chi connectivity index (χ2v) is 6.98. The van der Waals surface area contributed by atoms with E-state index < -0.39 is 5.97 Å². The normalized spacial score (nSPS) is 10.3. The fourth-order valence-electron chi connectivity index (χ4n) is 1.90. The highest BCUT2D eigenvalue weighted by molar-refractivity contribution is 7.99. The van der Waals surface area contributed by atoms with Gasteiger partial charge in [0.05, 0.1) is 5.75 Å². The molecule has 0 aromatic heterocycles. The number of benzene rings is 2. The number of carbonyl (C=O) groups is 2. The van der Waals surface area contributed by atoms with Crippen molar-refractivity contribution in [1.82, 2.24) is 5.32 Å². The van der Waals surface area contributed by atoms with Crippen LogP contribution in [0.3, 0.4) is 0 Å². The average Bonchev–Trinajstić information content (AvgIpc) is 2.61. The molecule has 0 fully saturated rings. The minimum Gasteiger partial charge on any atom is -0.460 e. The number of nitrogens with one attached hydrogen (secondary N) is 1. The molecule has 1 amide bonds. The van der Waals surface area contributed by atoms with Crippen LogP contribution in [0.25, 0.3) is 0 Å². The Hall–Kier alpha value is -1.69. The van der Waals surface area contributed by atoms with Crippen LogP contribution in [0, 0.1) is 0 Å². The first-order chi connectivity index (χ1) is 12.0. The van der Waals surface area contributed by atoms with Crippen LogP contribution in [0.4, 0.5) is 0 Å². The van der Waals surface area contributed by atoms with Gasteiger partial charge < -0.3 is 10.1 Å². The number of rotatable bonds is 8. The van der Waals surface area contributed by atoms with Crippen LogP contribution in [0.15, 0.2) is 48.5 Å². The summed E-state index contributed by atoms with van der Waals surface area (Å²) in [6.45, 7) is 0.0489. The number of amides is 1. The van der Waals surface area contributed by atoms with Gasteiger partial charge in [-0.3, -0.25) is 9.59 Å². The Labute approximate surface area is 160 Å². The fourth-order valence-corrected chi connectivity index (χ4v) is 3.32. The van der Waals surface area contributed by atoms with Gasteiger partial charge in [0.15, 0.2) is 0 Å². The van der Waals surface area contributed by atoms with Gasteiger partial charge in [0.2, 0.25) is 5.91 Å². The molecule has 2 rings (SSSR count). The second-order valence-electron chi connectivity index (χ2n) is 5.15. The van der Waals surface area contributed by atoms with E-state index in [2.05, 4.69) is 5.32 Å². The first-order valence-electron chi connectivity index (χ1n) is 7.52. The van der Waals surface area contributed by atoms with Crippen molar-refractivity contribution in [3.05, 3.63) is 69.7 Å². The van der Waals surface area contributed by atoms with Gasteiger partial charge in [-0.05, 0) is 23.3 Å². The summed E-state index contributed by atoms with van der Waals surface area (Å²) in [5, 5.41) is 3.69. The lowest BCUT2D eigenvalue weighted by molar-refractivity contribution is -0.145. The molecular formula is C18H17Cl2NO3S. The molecular weight excluding hydrogens is 381 g/mol. The summed E-state index contributed by atoms with van der Waals surface area (Å²) in [5.41, 5.74) is 1.81. The van der Waals surface area contributed by atoms with Gasteiger partial charge in [0.1, 0.15) is 13.2 Å². The Morgan fingerprint density at radius 1 is 1.08 bits per heavy atom. The number of carbonyl (C=O) groups excluding carboxylic acids is 2.